The van der Waals surface area contributed by atoms with Crippen molar-refractivity contribution >= 4 is 12.0 Å². The van der Waals surface area contributed by atoms with Crippen molar-refractivity contribution < 1.29 is 27.9 Å². The zero-order chi connectivity index (χ0) is 16.0. The molecule has 0 bridgehead atoms. The van der Waals surface area contributed by atoms with Crippen molar-refractivity contribution in [2.24, 2.45) is 11.8 Å². The van der Waals surface area contributed by atoms with Crippen molar-refractivity contribution in [2.45, 2.75) is 38.8 Å². The van der Waals surface area contributed by atoms with Gasteiger partial charge in [0.05, 0.1) is 11.8 Å². The van der Waals surface area contributed by atoms with E-state index in [2.05, 4.69) is 5.32 Å². The Kier molecular flexibility index (Phi) is 6.29. The number of halogens is 3. The van der Waals surface area contributed by atoms with Crippen LogP contribution in [0.4, 0.5) is 18.0 Å². The smallest absolute Gasteiger partial charge is 0.393 e. The average molecular weight is 310 g/mol. The van der Waals surface area contributed by atoms with Gasteiger partial charge in [-0.1, -0.05) is 6.92 Å². The van der Waals surface area contributed by atoms with Crippen LogP contribution in [-0.2, 0) is 4.79 Å². The predicted molar refractivity (Wildman–Crippen MR) is 69.8 cm³/mol. The molecular weight excluding hydrogens is 289 g/mol. The number of carboxylic acids is 1. The fourth-order valence-electron chi connectivity index (χ4n) is 2.27. The summed E-state index contributed by atoms with van der Waals surface area (Å²) >= 11 is 0. The third-order valence-corrected chi connectivity index (χ3v) is 3.68. The van der Waals surface area contributed by atoms with Gasteiger partial charge in [-0.2, -0.15) is 13.2 Å². The van der Waals surface area contributed by atoms with Crippen molar-refractivity contribution in [2.75, 3.05) is 19.6 Å². The molecule has 1 rings (SSSR count). The number of hydrogen-bond acceptors (Lipinski definition) is 2. The Balaban J connectivity index is 2.30. The number of nitrogens with zero attached hydrogens (tertiary/aromatic N) is 1. The van der Waals surface area contributed by atoms with Gasteiger partial charge in [0, 0.05) is 19.6 Å². The molecule has 8 heteroatoms. The van der Waals surface area contributed by atoms with Gasteiger partial charge < -0.3 is 15.3 Å². The second kappa shape index (κ2) is 7.51. The second-order valence-electron chi connectivity index (χ2n) is 5.44. The Morgan fingerprint density at radius 2 is 2.10 bits per heavy atom. The molecule has 0 aromatic carbocycles. The van der Waals surface area contributed by atoms with Crippen LogP contribution in [0.15, 0.2) is 0 Å². The van der Waals surface area contributed by atoms with Crippen molar-refractivity contribution in [1.82, 2.24) is 10.2 Å². The molecule has 0 aliphatic carbocycles. The monoisotopic (exact) mass is 310 g/mol. The number of aliphatic carboxylic acids is 1. The molecule has 1 aliphatic rings. The van der Waals surface area contributed by atoms with Gasteiger partial charge in [0.1, 0.15) is 0 Å². The Hall–Kier alpha value is -1.47. The normalized spacial score (nSPS) is 21.0. The van der Waals surface area contributed by atoms with Gasteiger partial charge >= 0.3 is 18.2 Å². The summed E-state index contributed by atoms with van der Waals surface area (Å²) in [6.45, 7) is 1.86. The van der Waals surface area contributed by atoms with E-state index in [9.17, 15) is 22.8 Å². The first kappa shape index (κ1) is 17.6. The topological polar surface area (TPSA) is 69.6 Å². The van der Waals surface area contributed by atoms with Gasteiger partial charge in [-0.25, -0.2) is 4.79 Å². The molecule has 0 saturated carbocycles. The maximum atomic E-state index is 12.6. The molecule has 0 aromatic rings. The zero-order valence-electron chi connectivity index (χ0n) is 11.9. The number of hydrogen-bond donors (Lipinski definition) is 2. The molecule has 1 fully saturated rings. The summed E-state index contributed by atoms with van der Waals surface area (Å²) in [6.07, 6.45) is -2.97. The fraction of sp³-hybridized carbons (Fsp3) is 0.846. The summed E-state index contributed by atoms with van der Waals surface area (Å²) in [5, 5.41) is 11.2. The minimum atomic E-state index is -4.27. The molecule has 2 unspecified atom stereocenters. The Labute approximate surface area is 121 Å². The molecule has 1 saturated heterocycles. The van der Waals surface area contributed by atoms with Gasteiger partial charge in [0.25, 0.3) is 0 Å². The minimum Gasteiger partial charge on any atom is -0.481 e. The number of amides is 2. The van der Waals surface area contributed by atoms with Gasteiger partial charge in [-0.3, -0.25) is 4.79 Å². The van der Waals surface area contributed by atoms with E-state index in [0.717, 1.165) is 0 Å². The van der Waals surface area contributed by atoms with Crippen LogP contribution in [-0.4, -0.2) is 47.8 Å². The summed E-state index contributed by atoms with van der Waals surface area (Å²) in [6, 6.07) is -0.507. The van der Waals surface area contributed by atoms with Crippen LogP contribution in [0, 0.1) is 11.8 Å². The highest BCUT2D eigenvalue weighted by Crippen LogP contribution is 2.33. The summed E-state index contributed by atoms with van der Waals surface area (Å²) in [5.74, 6) is -2.85. The summed E-state index contributed by atoms with van der Waals surface area (Å²) in [7, 11) is 0. The van der Waals surface area contributed by atoms with E-state index >= 15 is 0 Å². The SMILES string of the molecule is CC(CCCNC(=O)N1CCCC(C(F)(F)F)C1)C(=O)O. The van der Waals surface area contributed by atoms with E-state index in [1.54, 1.807) is 6.92 Å². The molecule has 0 radical (unpaired) electrons. The molecule has 2 amide bonds. The average Bonchev–Trinajstić information content (AvgIpc) is 2.42. The lowest BCUT2D eigenvalue weighted by molar-refractivity contribution is -0.184. The van der Waals surface area contributed by atoms with Crippen molar-refractivity contribution in [3.8, 4) is 0 Å². The third-order valence-electron chi connectivity index (χ3n) is 3.68. The summed E-state index contributed by atoms with van der Waals surface area (Å²) in [5.41, 5.74) is 0. The number of nitrogens with one attached hydrogen (secondary N) is 1. The van der Waals surface area contributed by atoms with Gasteiger partial charge in [0.2, 0.25) is 0 Å². The van der Waals surface area contributed by atoms with E-state index < -0.39 is 30.0 Å². The lowest BCUT2D eigenvalue weighted by atomic mass is 9.98. The number of carbonyl (C=O) groups is 2. The van der Waals surface area contributed by atoms with Crippen LogP contribution < -0.4 is 5.32 Å². The minimum absolute atomic E-state index is 0.0589. The molecule has 5 nitrogen and oxygen atoms in total. The largest absolute Gasteiger partial charge is 0.481 e. The van der Waals surface area contributed by atoms with Gasteiger partial charge in [0.15, 0.2) is 0 Å². The van der Waals surface area contributed by atoms with Crippen molar-refractivity contribution in [3.63, 3.8) is 0 Å². The number of carboxylic acid groups (broad SMARTS) is 1. The van der Waals surface area contributed by atoms with E-state index in [1.165, 1.54) is 4.90 Å². The highest BCUT2D eigenvalue weighted by Gasteiger charge is 2.42. The van der Waals surface area contributed by atoms with E-state index in [4.69, 9.17) is 5.11 Å². The Morgan fingerprint density at radius 3 is 2.67 bits per heavy atom. The summed E-state index contributed by atoms with van der Waals surface area (Å²) in [4.78, 5) is 23.6. The number of rotatable bonds is 5. The molecule has 1 aliphatic heterocycles. The van der Waals surface area contributed by atoms with E-state index in [0.29, 0.717) is 25.8 Å². The van der Waals surface area contributed by atoms with Crippen LogP contribution >= 0.6 is 0 Å². The predicted octanol–water partition coefficient (Wildman–Crippen LogP) is 2.47. The summed E-state index contributed by atoms with van der Waals surface area (Å²) < 4.78 is 37.9. The molecule has 21 heavy (non-hydrogen) atoms. The standard InChI is InChI=1S/C13H21F3N2O3/c1-9(11(19)20)4-2-6-17-12(21)18-7-3-5-10(8-18)13(14,15)16/h9-10H,2-8H2,1H3,(H,17,21)(H,19,20). The lowest BCUT2D eigenvalue weighted by Gasteiger charge is -2.33. The van der Waals surface area contributed by atoms with Crippen molar-refractivity contribution in [1.29, 1.82) is 0 Å². The number of piperidine rings is 1. The van der Waals surface area contributed by atoms with Gasteiger partial charge in [-0.15, -0.1) is 0 Å². The number of carbonyl (C=O) groups excluding carboxylic acids is 1. The molecule has 1 heterocycles. The van der Waals surface area contributed by atoms with Gasteiger partial charge in [-0.05, 0) is 25.7 Å². The maximum absolute atomic E-state index is 12.6. The molecular formula is C13H21F3N2O3. The quantitative estimate of drug-likeness (QED) is 0.766. The van der Waals surface area contributed by atoms with Crippen LogP contribution in [0.25, 0.3) is 0 Å². The van der Waals surface area contributed by atoms with E-state index in [1.807, 2.05) is 0 Å². The number of alkyl halides is 3. The number of urea groups is 1. The van der Waals surface area contributed by atoms with Crippen LogP contribution in [0.1, 0.15) is 32.6 Å². The first-order valence-electron chi connectivity index (χ1n) is 7.04. The molecule has 2 N–H and O–H groups in total. The van der Waals surface area contributed by atoms with Crippen molar-refractivity contribution in [3.05, 3.63) is 0 Å². The third kappa shape index (κ3) is 5.81. The van der Waals surface area contributed by atoms with Crippen LogP contribution in [0.3, 0.4) is 0 Å². The molecule has 0 spiro atoms. The Bertz CT molecular complexity index is 374. The second-order valence-corrected chi connectivity index (χ2v) is 5.44. The van der Waals surface area contributed by atoms with E-state index in [-0.39, 0.29) is 19.5 Å². The van der Waals surface area contributed by atoms with Crippen LogP contribution in [0.5, 0.6) is 0 Å². The highest BCUT2D eigenvalue weighted by molar-refractivity contribution is 5.74. The fourth-order valence-corrected chi connectivity index (χ4v) is 2.27. The Morgan fingerprint density at radius 1 is 1.43 bits per heavy atom. The number of likely N-dealkylation sites (tertiary alicyclic amines) is 1. The molecule has 122 valence electrons. The first-order valence-corrected chi connectivity index (χ1v) is 7.04. The lowest BCUT2D eigenvalue weighted by Crippen LogP contribution is -2.48. The zero-order valence-corrected chi connectivity index (χ0v) is 11.9. The van der Waals surface area contributed by atoms with Crippen LogP contribution in [0.2, 0.25) is 0 Å². The first-order chi connectivity index (χ1) is 9.71. The highest BCUT2D eigenvalue weighted by atomic mass is 19.4. The molecule has 0 aromatic heterocycles. The molecule has 2 atom stereocenters. The maximum Gasteiger partial charge on any atom is 0.393 e.